The first-order chi connectivity index (χ1) is 13.6. The number of Topliss-reactive ketones (excluding diaryl/α,β-unsaturated/α-hetero) is 1. The molecular formula is C22H20O6. The van der Waals surface area contributed by atoms with E-state index in [0.29, 0.717) is 22.8 Å². The van der Waals surface area contributed by atoms with Crippen LogP contribution in [0.2, 0.25) is 0 Å². The maximum absolute atomic E-state index is 12.6. The molecule has 0 atom stereocenters. The number of esters is 1. The van der Waals surface area contributed by atoms with Crippen molar-refractivity contribution in [1.82, 2.24) is 0 Å². The number of carbonyl (C=O) groups excluding carboxylic acids is 2. The maximum Gasteiger partial charge on any atom is 0.342 e. The van der Waals surface area contributed by atoms with Gasteiger partial charge < -0.3 is 18.9 Å². The van der Waals surface area contributed by atoms with E-state index in [1.54, 1.807) is 30.3 Å². The summed E-state index contributed by atoms with van der Waals surface area (Å²) < 4.78 is 20.9. The van der Waals surface area contributed by atoms with E-state index in [1.807, 2.05) is 24.3 Å². The van der Waals surface area contributed by atoms with E-state index in [2.05, 4.69) is 0 Å². The first-order valence-electron chi connectivity index (χ1n) is 8.56. The van der Waals surface area contributed by atoms with Gasteiger partial charge in [-0.2, -0.15) is 0 Å². The zero-order chi connectivity index (χ0) is 20.1. The van der Waals surface area contributed by atoms with Gasteiger partial charge in [-0.05, 0) is 35.0 Å². The Balaban J connectivity index is 1.79. The van der Waals surface area contributed by atoms with Crippen molar-refractivity contribution in [3.8, 4) is 17.2 Å². The third-order valence-corrected chi connectivity index (χ3v) is 4.33. The van der Waals surface area contributed by atoms with Crippen LogP contribution in [0.5, 0.6) is 17.2 Å². The van der Waals surface area contributed by atoms with Crippen molar-refractivity contribution in [3.63, 3.8) is 0 Å². The monoisotopic (exact) mass is 380 g/mol. The number of rotatable bonds is 7. The quantitative estimate of drug-likeness (QED) is 0.457. The maximum atomic E-state index is 12.6. The summed E-state index contributed by atoms with van der Waals surface area (Å²) in [4.78, 5) is 25.1. The molecule has 0 aliphatic rings. The number of hydrogen-bond donors (Lipinski definition) is 0. The predicted molar refractivity (Wildman–Crippen MR) is 105 cm³/mol. The molecule has 0 aromatic heterocycles. The smallest absolute Gasteiger partial charge is 0.342 e. The van der Waals surface area contributed by atoms with Gasteiger partial charge in [-0.15, -0.1) is 0 Å². The third kappa shape index (κ3) is 3.91. The molecule has 0 saturated heterocycles. The fraction of sp³-hybridized carbons (Fsp3) is 0.182. The Bertz CT molecular complexity index is 1020. The molecule has 6 heteroatoms. The summed E-state index contributed by atoms with van der Waals surface area (Å²) in [5, 5.41) is 1.81. The molecule has 0 amide bonds. The Kier molecular flexibility index (Phi) is 5.79. The van der Waals surface area contributed by atoms with Crippen molar-refractivity contribution in [1.29, 1.82) is 0 Å². The van der Waals surface area contributed by atoms with Crippen molar-refractivity contribution in [2.75, 3.05) is 27.9 Å². The summed E-state index contributed by atoms with van der Waals surface area (Å²) in [5.74, 6) is 0.282. The third-order valence-electron chi connectivity index (χ3n) is 4.33. The number of ketones is 1. The fourth-order valence-corrected chi connectivity index (χ4v) is 2.86. The van der Waals surface area contributed by atoms with Crippen LogP contribution in [0.1, 0.15) is 20.7 Å². The van der Waals surface area contributed by atoms with Crippen LogP contribution < -0.4 is 14.2 Å². The molecule has 0 fully saturated rings. The summed E-state index contributed by atoms with van der Waals surface area (Å²) in [7, 11) is 4.46. The predicted octanol–water partition coefficient (Wildman–Crippen LogP) is 3.91. The van der Waals surface area contributed by atoms with Crippen LogP contribution in [-0.2, 0) is 4.74 Å². The average Bonchev–Trinajstić information content (AvgIpc) is 2.75. The van der Waals surface area contributed by atoms with Gasteiger partial charge in [0.1, 0.15) is 22.8 Å². The normalized spacial score (nSPS) is 10.4. The highest BCUT2D eigenvalue weighted by atomic mass is 16.5. The van der Waals surface area contributed by atoms with Gasteiger partial charge >= 0.3 is 5.97 Å². The lowest BCUT2D eigenvalue weighted by atomic mass is 10.1. The lowest BCUT2D eigenvalue weighted by molar-refractivity contribution is 0.0471. The summed E-state index contributed by atoms with van der Waals surface area (Å²) >= 11 is 0. The number of carbonyl (C=O) groups is 2. The fourth-order valence-electron chi connectivity index (χ4n) is 2.86. The molecule has 0 heterocycles. The Morgan fingerprint density at radius 1 is 0.750 bits per heavy atom. The number of benzene rings is 3. The minimum Gasteiger partial charge on any atom is -0.497 e. The highest BCUT2D eigenvalue weighted by molar-refractivity contribution is 6.03. The number of methoxy groups -OCH3 is 3. The summed E-state index contributed by atoms with van der Waals surface area (Å²) in [6.45, 7) is -0.419. The van der Waals surface area contributed by atoms with Crippen LogP contribution in [0.25, 0.3) is 10.8 Å². The minimum atomic E-state index is -0.636. The first-order valence-corrected chi connectivity index (χ1v) is 8.56. The SMILES string of the molecule is COc1ccc(C(=O)COC(=O)c2cc3ccccc3cc2OC)c(OC)c1. The molecule has 3 aromatic rings. The lowest BCUT2D eigenvalue weighted by Crippen LogP contribution is -2.15. The molecule has 144 valence electrons. The van der Waals surface area contributed by atoms with E-state index in [0.717, 1.165) is 10.8 Å². The molecule has 0 bridgehead atoms. The second-order valence-corrected chi connectivity index (χ2v) is 5.97. The van der Waals surface area contributed by atoms with Gasteiger partial charge in [0, 0.05) is 6.07 Å². The Morgan fingerprint density at radius 2 is 1.39 bits per heavy atom. The van der Waals surface area contributed by atoms with Crippen LogP contribution >= 0.6 is 0 Å². The minimum absolute atomic E-state index is 0.260. The van der Waals surface area contributed by atoms with E-state index in [9.17, 15) is 9.59 Å². The van der Waals surface area contributed by atoms with Crippen molar-refractivity contribution >= 4 is 22.5 Å². The van der Waals surface area contributed by atoms with Crippen LogP contribution in [0.4, 0.5) is 0 Å². The highest BCUT2D eigenvalue weighted by Crippen LogP contribution is 2.27. The zero-order valence-electron chi connectivity index (χ0n) is 15.9. The van der Waals surface area contributed by atoms with Crippen LogP contribution in [0, 0.1) is 0 Å². The molecule has 0 aliphatic heterocycles. The number of ether oxygens (including phenoxy) is 4. The average molecular weight is 380 g/mol. The van der Waals surface area contributed by atoms with Gasteiger partial charge in [-0.25, -0.2) is 4.79 Å². The van der Waals surface area contributed by atoms with Crippen molar-refractivity contribution < 1.29 is 28.5 Å². The van der Waals surface area contributed by atoms with Gasteiger partial charge in [-0.3, -0.25) is 4.79 Å². The van der Waals surface area contributed by atoms with E-state index in [1.165, 1.54) is 21.3 Å². The van der Waals surface area contributed by atoms with Crippen LogP contribution in [-0.4, -0.2) is 39.7 Å². The van der Waals surface area contributed by atoms with Gasteiger partial charge in [0.2, 0.25) is 5.78 Å². The molecule has 0 saturated carbocycles. The van der Waals surface area contributed by atoms with Gasteiger partial charge in [0.05, 0.1) is 26.9 Å². The van der Waals surface area contributed by atoms with Crippen molar-refractivity contribution in [2.45, 2.75) is 0 Å². The second-order valence-electron chi connectivity index (χ2n) is 5.97. The molecule has 0 N–H and O–H groups in total. The van der Waals surface area contributed by atoms with Crippen LogP contribution in [0.3, 0.4) is 0 Å². The highest BCUT2D eigenvalue weighted by Gasteiger charge is 2.19. The number of hydrogen-bond acceptors (Lipinski definition) is 6. The van der Waals surface area contributed by atoms with Crippen molar-refractivity contribution in [2.24, 2.45) is 0 Å². The molecule has 28 heavy (non-hydrogen) atoms. The van der Waals surface area contributed by atoms with Crippen LogP contribution in [0.15, 0.2) is 54.6 Å². The Hall–Kier alpha value is -3.54. The second kappa shape index (κ2) is 8.43. The van der Waals surface area contributed by atoms with E-state index >= 15 is 0 Å². The molecule has 3 rings (SSSR count). The van der Waals surface area contributed by atoms with Crippen molar-refractivity contribution in [3.05, 3.63) is 65.7 Å². The Labute approximate surface area is 162 Å². The molecular weight excluding hydrogens is 360 g/mol. The molecule has 0 unspecified atom stereocenters. The molecule has 3 aromatic carbocycles. The Morgan fingerprint density at radius 3 is 2.04 bits per heavy atom. The molecule has 0 radical (unpaired) electrons. The van der Waals surface area contributed by atoms with E-state index < -0.39 is 12.6 Å². The standard InChI is InChI=1S/C22H20O6/c1-25-16-8-9-17(21(12-16)27-3)19(23)13-28-22(24)18-10-14-6-4-5-7-15(14)11-20(18)26-2/h4-12H,13H2,1-3H3. The topological polar surface area (TPSA) is 71.1 Å². The van der Waals surface area contributed by atoms with E-state index in [-0.39, 0.29) is 11.3 Å². The lowest BCUT2D eigenvalue weighted by Gasteiger charge is -2.12. The summed E-state index contributed by atoms with van der Waals surface area (Å²) in [6, 6.07) is 15.9. The zero-order valence-corrected chi connectivity index (χ0v) is 15.9. The molecule has 6 nitrogen and oxygen atoms in total. The first kappa shape index (κ1) is 19.2. The number of fused-ring (bicyclic) bond motifs is 1. The molecule has 0 spiro atoms. The van der Waals surface area contributed by atoms with Gasteiger partial charge in [-0.1, -0.05) is 24.3 Å². The van der Waals surface area contributed by atoms with E-state index in [4.69, 9.17) is 18.9 Å². The summed E-state index contributed by atoms with van der Waals surface area (Å²) in [5.41, 5.74) is 0.567. The van der Waals surface area contributed by atoms with Gasteiger partial charge in [0.15, 0.2) is 6.61 Å². The molecule has 0 aliphatic carbocycles. The van der Waals surface area contributed by atoms with Gasteiger partial charge in [0.25, 0.3) is 0 Å². The largest absolute Gasteiger partial charge is 0.497 e. The summed E-state index contributed by atoms with van der Waals surface area (Å²) in [6.07, 6.45) is 0.